The molecule has 4 nitrogen and oxygen atoms in total. The summed E-state index contributed by atoms with van der Waals surface area (Å²) in [6.45, 7) is 0.996. The molecule has 0 amide bonds. The lowest BCUT2D eigenvalue weighted by Gasteiger charge is -2.03. The van der Waals surface area contributed by atoms with Gasteiger partial charge in [0.15, 0.2) is 0 Å². The molecule has 0 aliphatic carbocycles. The fourth-order valence-electron chi connectivity index (χ4n) is 1.18. The first-order valence-corrected chi connectivity index (χ1v) is 6.73. The zero-order valence-electron chi connectivity index (χ0n) is 10.0. The van der Waals surface area contributed by atoms with Crippen LogP contribution in [0.4, 0.5) is 0 Å². The second-order valence-corrected chi connectivity index (χ2v) is 4.67. The van der Waals surface area contributed by atoms with Gasteiger partial charge in [0.25, 0.3) is 0 Å². The van der Waals surface area contributed by atoms with Crippen molar-refractivity contribution in [2.24, 2.45) is 0 Å². The molecule has 0 saturated heterocycles. The molecule has 1 heterocycles. The standard InChI is InChI=1S/C12H18O4S/c1-14-6-3-8-17-9-5-12(13)16-10-11-4-2-7-15-11/h2,4,7H,3,5-6,8-10H2,1H3. The number of hydrogen-bond acceptors (Lipinski definition) is 5. The largest absolute Gasteiger partial charge is 0.466 e. The summed E-state index contributed by atoms with van der Waals surface area (Å²) in [5.41, 5.74) is 0. The molecule has 0 unspecified atom stereocenters. The van der Waals surface area contributed by atoms with Crippen LogP contribution in [0.25, 0.3) is 0 Å². The zero-order valence-corrected chi connectivity index (χ0v) is 10.8. The molecule has 0 spiro atoms. The molecule has 0 atom stereocenters. The average molecular weight is 258 g/mol. The molecule has 1 aromatic heterocycles. The maximum atomic E-state index is 11.3. The Morgan fingerprint density at radius 2 is 2.35 bits per heavy atom. The third kappa shape index (κ3) is 7.07. The van der Waals surface area contributed by atoms with Crippen LogP contribution in [0.5, 0.6) is 0 Å². The first kappa shape index (κ1) is 14.1. The van der Waals surface area contributed by atoms with Crippen molar-refractivity contribution in [1.82, 2.24) is 0 Å². The van der Waals surface area contributed by atoms with Gasteiger partial charge in [0.1, 0.15) is 12.4 Å². The molecule has 0 N–H and O–H groups in total. The van der Waals surface area contributed by atoms with Crippen LogP contribution in [-0.2, 0) is 20.9 Å². The maximum absolute atomic E-state index is 11.3. The van der Waals surface area contributed by atoms with Gasteiger partial charge in [-0.05, 0) is 24.3 Å². The van der Waals surface area contributed by atoms with Gasteiger partial charge in [-0.15, -0.1) is 0 Å². The van der Waals surface area contributed by atoms with Crippen LogP contribution in [0.2, 0.25) is 0 Å². The third-order valence-electron chi connectivity index (χ3n) is 2.04. The van der Waals surface area contributed by atoms with Crippen molar-refractivity contribution in [2.45, 2.75) is 19.4 Å². The van der Waals surface area contributed by atoms with E-state index in [-0.39, 0.29) is 12.6 Å². The number of carbonyl (C=O) groups is 1. The minimum Gasteiger partial charge on any atom is -0.466 e. The van der Waals surface area contributed by atoms with Gasteiger partial charge in [-0.25, -0.2) is 0 Å². The number of ether oxygens (including phenoxy) is 2. The van der Waals surface area contributed by atoms with Crippen LogP contribution in [0.1, 0.15) is 18.6 Å². The fourth-order valence-corrected chi connectivity index (χ4v) is 2.02. The van der Waals surface area contributed by atoms with E-state index >= 15 is 0 Å². The van der Waals surface area contributed by atoms with E-state index in [9.17, 15) is 4.79 Å². The van der Waals surface area contributed by atoms with Crippen molar-refractivity contribution >= 4 is 17.7 Å². The number of thioether (sulfide) groups is 1. The molecule has 0 bridgehead atoms. The molecule has 0 radical (unpaired) electrons. The summed E-state index contributed by atoms with van der Waals surface area (Å²) < 4.78 is 15.0. The Kier molecular flexibility index (Phi) is 7.58. The summed E-state index contributed by atoms with van der Waals surface area (Å²) in [5, 5.41) is 0. The van der Waals surface area contributed by atoms with Crippen molar-refractivity contribution in [1.29, 1.82) is 0 Å². The second kappa shape index (κ2) is 9.13. The Bertz CT molecular complexity index is 297. The zero-order chi connectivity index (χ0) is 12.3. The van der Waals surface area contributed by atoms with Crippen LogP contribution in [0.15, 0.2) is 22.8 Å². The monoisotopic (exact) mass is 258 g/mol. The highest BCUT2D eigenvalue weighted by Crippen LogP contribution is 2.07. The molecule has 17 heavy (non-hydrogen) atoms. The molecule has 1 aromatic rings. The van der Waals surface area contributed by atoms with Crippen LogP contribution in [-0.4, -0.2) is 31.2 Å². The fraction of sp³-hybridized carbons (Fsp3) is 0.583. The molecule has 0 fully saturated rings. The molecule has 0 aromatic carbocycles. The number of carbonyl (C=O) groups excluding carboxylic acids is 1. The van der Waals surface area contributed by atoms with Gasteiger partial charge in [0, 0.05) is 19.5 Å². The minimum absolute atomic E-state index is 0.180. The first-order valence-electron chi connectivity index (χ1n) is 5.57. The van der Waals surface area contributed by atoms with Crippen LogP contribution in [0.3, 0.4) is 0 Å². The highest BCUT2D eigenvalue weighted by Gasteiger charge is 2.04. The Morgan fingerprint density at radius 1 is 1.47 bits per heavy atom. The molecular weight excluding hydrogens is 240 g/mol. The summed E-state index contributed by atoms with van der Waals surface area (Å²) in [6.07, 6.45) is 3.02. The van der Waals surface area contributed by atoms with Gasteiger partial charge in [0.2, 0.25) is 0 Å². The van der Waals surface area contributed by atoms with E-state index in [1.54, 1.807) is 37.3 Å². The number of esters is 1. The Hall–Kier alpha value is -0.940. The smallest absolute Gasteiger partial charge is 0.307 e. The number of rotatable bonds is 9. The highest BCUT2D eigenvalue weighted by molar-refractivity contribution is 7.99. The van der Waals surface area contributed by atoms with E-state index in [0.29, 0.717) is 12.2 Å². The van der Waals surface area contributed by atoms with Crippen molar-refractivity contribution in [3.05, 3.63) is 24.2 Å². The van der Waals surface area contributed by atoms with Gasteiger partial charge in [-0.2, -0.15) is 11.8 Å². The van der Waals surface area contributed by atoms with E-state index in [4.69, 9.17) is 13.9 Å². The van der Waals surface area contributed by atoms with Gasteiger partial charge in [-0.3, -0.25) is 4.79 Å². The van der Waals surface area contributed by atoms with E-state index in [2.05, 4.69) is 0 Å². The molecular formula is C12H18O4S. The quantitative estimate of drug-likeness (QED) is 0.503. The lowest BCUT2D eigenvalue weighted by molar-refractivity contribution is -0.144. The molecule has 0 saturated carbocycles. The number of hydrogen-bond donors (Lipinski definition) is 0. The molecule has 1 rings (SSSR count). The van der Waals surface area contributed by atoms with E-state index in [1.165, 1.54) is 0 Å². The van der Waals surface area contributed by atoms with E-state index in [0.717, 1.165) is 24.5 Å². The lowest BCUT2D eigenvalue weighted by Crippen LogP contribution is -2.05. The van der Waals surface area contributed by atoms with Gasteiger partial charge < -0.3 is 13.9 Å². The maximum Gasteiger partial charge on any atom is 0.307 e. The van der Waals surface area contributed by atoms with Crippen LogP contribution in [0, 0.1) is 0 Å². The second-order valence-electron chi connectivity index (χ2n) is 3.45. The predicted molar refractivity (Wildman–Crippen MR) is 66.9 cm³/mol. The number of furan rings is 1. The normalized spacial score (nSPS) is 10.4. The molecule has 0 aliphatic rings. The summed E-state index contributed by atoms with van der Waals surface area (Å²) in [6, 6.07) is 3.56. The van der Waals surface area contributed by atoms with Crippen molar-refractivity contribution in [2.75, 3.05) is 25.2 Å². The van der Waals surface area contributed by atoms with Gasteiger partial charge >= 0.3 is 5.97 Å². The topological polar surface area (TPSA) is 48.7 Å². The highest BCUT2D eigenvalue weighted by atomic mass is 32.2. The average Bonchev–Trinajstić information content (AvgIpc) is 2.84. The molecule has 0 aliphatic heterocycles. The predicted octanol–water partition coefficient (Wildman–Crippen LogP) is 2.48. The Balaban J connectivity index is 1.94. The summed E-state index contributed by atoms with van der Waals surface area (Å²) in [4.78, 5) is 11.3. The minimum atomic E-state index is -0.180. The van der Waals surface area contributed by atoms with E-state index < -0.39 is 0 Å². The number of methoxy groups -OCH3 is 1. The van der Waals surface area contributed by atoms with Crippen LogP contribution >= 0.6 is 11.8 Å². The SMILES string of the molecule is COCCCSCCC(=O)OCc1ccco1. The van der Waals surface area contributed by atoms with Crippen molar-refractivity contribution < 1.29 is 18.7 Å². The Labute approximate surface area is 106 Å². The van der Waals surface area contributed by atoms with Crippen molar-refractivity contribution in [3.63, 3.8) is 0 Å². The lowest BCUT2D eigenvalue weighted by atomic mass is 10.4. The van der Waals surface area contributed by atoms with E-state index in [1.807, 2.05) is 0 Å². The Morgan fingerprint density at radius 3 is 3.06 bits per heavy atom. The van der Waals surface area contributed by atoms with Crippen LogP contribution < -0.4 is 0 Å². The molecule has 5 heteroatoms. The first-order chi connectivity index (χ1) is 8.33. The van der Waals surface area contributed by atoms with Crippen molar-refractivity contribution in [3.8, 4) is 0 Å². The van der Waals surface area contributed by atoms with Gasteiger partial charge in [0.05, 0.1) is 12.7 Å². The molecule has 96 valence electrons. The van der Waals surface area contributed by atoms with Gasteiger partial charge in [-0.1, -0.05) is 0 Å². The summed E-state index contributed by atoms with van der Waals surface area (Å²) >= 11 is 1.74. The summed E-state index contributed by atoms with van der Waals surface area (Å²) in [5.74, 6) is 2.30. The third-order valence-corrected chi connectivity index (χ3v) is 3.11. The summed E-state index contributed by atoms with van der Waals surface area (Å²) in [7, 11) is 1.69.